The Kier molecular flexibility index (Phi) is 3.44. The maximum Gasteiger partial charge on any atom is 0.418 e. The van der Waals surface area contributed by atoms with Crippen molar-refractivity contribution in [1.29, 1.82) is 0 Å². The molecule has 3 nitrogen and oxygen atoms in total. The summed E-state index contributed by atoms with van der Waals surface area (Å²) in [5.74, 6) is -0.566. The van der Waals surface area contributed by atoms with E-state index >= 15 is 0 Å². The van der Waals surface area contributed by atoms with Crippen molar-refractivity contribution in [3.63, 3.8) is 0 Å². The molecule has 0 saturated carbocycles. The van der Waals surface area contributed by atoms with Gasteiger partial charge in [0, 0.05) is 11.1 Å². The van der Waals surface area contributed by atoms with E-state index in [-0.39, 0.29) is 17.8 Å². The lowest BCUT2D eigenvalue weighted by molar-refractivity contribution is -0.137. The minimum Gasteiger partial charge on any atom is -0.323 e. The first kappa shape index (κ1) is 14.3. The molecule has 112 valence electrons. The normalized spacial score (nSPS) is 14.7. The van der Waals surface area contributed by atoms with Crippen LogP contribution in [0.15, 0.2) is 53.5 Å². The Morgan fingerprint density at radius 1 is 1.00 bits per heavy atom. The summed E-state index contributed by atoms with van der Waals surface area (Å²) < 4.78 is 39.5. The summed E-state index contributed by atoms with van der Waals surface area (Å²) in [5, 5.41) is 2.32. The highest BCUT2D eigenvalue weighted by molar-refractivity contribution is 6.19. The SMILES string of the molecule is O=C1CN=C(c2ccccc2)c2cccc(C(F)(F)F)c2N1. The number of carbonyl (C=O) groups is 1. The van der Waals surface area contributed by atoms with Gasteiger partial charge in [-0.1, -0.05) is 42.5 Å². The van der Waals surface area contributed by atoms with E-state index in [1.54, 1.807) is 30.3 Å². The van der Waals surface area contributed by atoms with E-state index in [2.05, 4.69) is 10.3 Å². The number of benzodiazepines with no additional fused rings is 1. The monoisotopic (exact) mass is 304 g/mol. The van der Waals surface area contributed by atoms with Gasteiger partial charge >= 0.3 is 6.18 Å². The van der Waals surface area contributed by atoms with Gasteiger partial charge in [0.05, 0.1) is 17.0 Å². The lowest BCUT2D eigenvalue weighted by Crippen LogP contribution is -2.18. The maximum atomic E-state index is 13.2. The molecule has 0 bridgehead atoms. The third kappa shape index (κ3) is 2.59. The minimum atomic E-state index is -4.55. The van der Waals surface area contributed by atoms with Crippen molar-refractivity contribution in [3.8, 4) is 0 Å². The first-order valence-corrected chi connectivity index (χ1v) is 6.57. The summed E-state index contributed by atoms with van der Waals surface area (Å²) in [5.41, 5.74) is 0.204. The van der Waals surface area contributed by atoms with Crippen LogP contribution in [0.3, 0.4) is 0 Å². The average Bonchev–Trinajstić information content (AvgIpc) is 2.65. The number of nitrogens with one attached hydrogen (secondary N) is 1. The minimum absolute atomic E-state index is 0.212. The lowest BCUT2D eigenvalue weighted by atomic mass is 9.97. The number of halogens is 3. The van der Waals surface area contributed by atoms with Gasteiger partial charge in [0.25, 0.3) is 0 Å². The molecule has 0 fully saturated rings. The molecule has 3 rings (SSSR count). The van der Waals surface area contributed by atoms with E-state index in [0.29, 0.717) is 11.3 Å². The molecule has 6 heteroatoms. The Hall–Kier alpha value is -2.63. The Bertz CT molecular complexity index is 752. The zero-order valence-corrected chi connectivity index (χ0v) is 11.3. The number of carbonyl (C=O) groups excluding carboxylic acids is 1. The second kappa shape index (κ2) is 5.29. The third-order valence-corrected chi connectivity index (χ3v) is 3.32. The number of benzene rings is 2. The number of nitrogens with zero attached hydrogens (tertiary/aromatic N) is 1. The summed E-state index contributed by atoms with van der Waals surface area (Å²) in [6, 6.07) is 12.6. The number of anilines is 1. The lowest BCUT2D eigenvalue weighted by Gasteiger charge is -2.16. The van der Waals surface area contributed by atoms with Gasteiger partial charge in [0.15, 0.2) is 0 Å². The molecule has 2 aromatic rings. The highest BCUT2D eigenvalue weighted by Crippen LogP contribution is 2.38. The van der Waals surface area contributed by atoms with Crippen LogP contribution in [-0.4, -0.2) is 18.2 Å². The molecule has 1 aliphatic rings. The molecule has 1 aliphatic heterocycles. The molecular formula is C16H11F3N2O. The Labute approximate surface area is 124 Å². The molecule has 1 amide bonds. The van der Waals surface area contributed by atoms with Crippen molar-refractivity contribution in [1.82, 2.24) is 0 Å². The van der Waals surface area contributed by atoms with Crippen molar-refractivity contribution in [3.05, 3.63) is 65.2 Å². The maximum absolute atomic E-state index is 13.2. The van der Waals surface area contributed by atoms with E-state index in [9.17, 15) is 18.0 Å². The molecule has 0 radical (unpaired) electrons. The number of alkyl halides is 3. The molecule has 0 aliphatic carbocycles. The van der Waals surface area contributed by atoms with Gasteiger partial charge in [-0.05, 0) is 6.07 Å². The fraction of sp³-hybridized carbons (Fsp3) is 0.125. The van der Waals surface area contributed by atoms with Gasteiger partial charge < -0.3 is 5.32 Å². The van der Waals surface area contributed by atoms with Gasteiger partial charge in [0.1, 0.15) is 6.54 Å². The van der Waals surface area contributed by atoms with Crippen LogP contribution in [0.5, 0.6) is 0 Å². The molecule has 2 aromatic carbocycles. The number of aliphatic imine (C=N–C) groups is 1. The Morgan fingerprint density at radius 2 is 1.73 bits per heavy atom. The first-order valence-electron chi connectivity index (χ1n) is 6.57. The van der Waals surface area contributed by atoms with Crippen molar-refractivity contribution in [2.45, 2.75) is 6.18 Å². The Morgan fingerprint density at radius 3 is 2.41 bits per heavy atom. The average molecular weight is 304 g/mol. The molecule has 0 spiro atoms. The molecule has 0 aromatic heterocycles. The van der Waals surface area contributed by atoms with Crippen LogP contribution in [0.25, 0.3) is 0 Å². The van der Waals surface area contributed by atoms with Crippen LogP contribution in [0.1, 0.15) is 16.7 Å². The molecule has 1 heterocycles. The molecular weight excluding hydrogens is 293 g/mol. The summed E-state index contributed by atoms with van der Waals surface area (Å²) >= 11 is 0. The number of para-hydroxylation sites is 1. The second-order valence-corrected chi connectivity index (χ2v) is 4.80. The molecule has 0 atom stereocenters. The van der Waals surface area contributed by atoms with Gasteiger partial charge in [0.2, 0.25) is 5.91 Å². The summed E-state index contributed by atoms with van der Waals surface area (Å²) in [7, 11) is 0. The zero-order valence-electron chi connectivity index (χ0n) is 11.3. The van der Waals surface area contributed by atoms with E-state index in [1.165, 1.54) is 12.1 Å². The number of hydrogen-bond donors (Lipinski definition) is 1. The first-order chi connectivity index (χ1) is 10.5. The predicted octanol–water partition coefficient (Wildman–Crippen LogP) is 3.49. The number of hydrogen-bond acceptors (Lipinski definition) is 2. The number of fused-ring (bicyclic) bond motifs is 1. The van der Waals surface area contributed by atoms with Crippen molar-refractivity contribution >= 4 is 17.3 Å². The van der Waals surface area contributed by atoms with Gasteiger partial charge in [-0.25, -0.2) is 0 Å². The number of rotatable bonds is 1. The highest BCUT2D eigenvalue weighted by atomic mass is 19.4. The summed E-state index contributed by atoms with van der Waals surface area (Å²) in [6.45, 7) is -0.212. The van der Waals surface area contributed by atoms with E-state index < -0.39 is 17.6 Å². The standard InChI is InChI=1S/C16H11F3N2O/c17-16(18,19)12-8-4-7-11-14(10-5-2-1-3-6-10)20-9-13(22)21-15(11)12/h1-8H,9H2,(H,21,22). The van der Waals surface area contributed by atoms with Crippen molar-refractivity contribution in [2.24, 2.45) is 4.99 Å². The fourth-order valence-electron chi connectivity index (χ4n) is 2.38. The van der Waals surface area contributed by atoms with Crippen LogP contribution < -0.4 is 5.32 Å². The van der Waals surface area contributed by atoms with Gasteiger partial charge in [-0.2, -0.15) is 13.2 Å². The van der Waals surface area contributed by atoms with Crippen molar-refractivity contribution in [2.75, 3.05) is 11.9 Å². The zero-order chi connectivity index (χ0) is 15.7. The van der Waals surface area contributed by atoms with Crippen LogP contribution in [0.2, 0.25) is 0 Å². The van der Waals surface area contributed by atoms with Gasteiger partial charge in [-0.3, -0.25) is 9.79 Å². The van der Waals surface area contributed by atoms with E-state index in [4.69, 9.17) is 0 Å². The smallest absolute Gasteiger partial charge is 0.323 e. The summed E-state index contributed by atoms with van der Waals surface area (Å²) in [4.78, 5) is 15.9. The summed E-state index contributed by atoms with van der Waals surface area (Å²) in [6.07, 6.45) is -4.55. The Balaban J connectivity index is 2.24. The van der Waals surface area contributed by atoms with Crippen LogP contribution >= 0.6 is 0 Å². The molecule has 0 unspecified atom stereocenters. The van der Waals surface area contributed by atoms with Crippen LogP contribution in [-0.2, 0) is 11.0 Å². The van der Waals surface area contributed by atoms with E-state index in [0.717, 1.165) is 6.07 Å². The quantitative estimate of drug-likeness (QED) is 0.861. The fourth-order valence-corrected chi connectivity index (χ4v) is 2.38. The van der Waals surface area contributed by atoms with Crippen LogP contribution in [0.4, 0.5) is 18.9 Å². The van der Waals surface area contributed by atoms with Crippen molar-refractivity contribution < 1.29 is 18.0 Å². The van der Waals surface area contributed by atoms with Gasteiger partial charge in [-0.15, -0.1) is 0 Å². The van der Waals surface area contributed by atoms with Crippen LogP contribution in [0, 0.1) is 0 Å². The molecule has 22 heavy (non-hydrogen) atoms. The second-order valence-electron chi connectivity index (χ2n) is 4.80. The topological polar surface area (TPSA) is 41.5 Å². The highest BCUT2D eigenvalue weighted by Gasteiger charge is 2.36. The molecule has 1 N–H and O–H groups in total. The number of amides is 1. The molecule has 0 saturated heterocycles. The predicted molar refractivity (Wildman–Crippen MR) is 77.0 cm³/mol. The largest absolute Gasteiger partial charge is 0.418 e. The van der Waals surface area contributed by atoms with E-state index in [1.807, 2.05) is 0 Å². The third-order valence-electron chi connectivity index (χ3n) is 3.32.